The molecular weight excluding hydrogens is 224 g/mol. The molecule has 6 heteroatoms. The van der Waals surface area contributed by atoms with Crippen LogP contribution in [-0.2, 0) is 17.7 Å². The van der Waals surface area contributed by atoms with E-state index in [1.165, 1.54) is 0 Å². The third kappa shape index (κ3) is 2.18. The van der Waals surface area contributed by atoms with Gasteiger partial charge in [0.2, 0.25) is 0 Å². The topological polar surface area (TPSA) is 84.6 Å². The summed E-state index contributed by atoms with van der Waals surface area (Å²) in [4.78, 5) is 15.2. The van der Waals surface area contributed by atoms with Crippen molar-refractivity contribution in [1.82, 2.24) is 9.55 Å². The highest BCUT2D eigenvalue weighted by molar-refractivity contribution is 5.87. The smallest absolute Gasteiger partial charge is 0.356 e. The van der Waals surface area contributed by atoms with Gasteiger partial charge < -0.3 is 19.5 Å². The molecule has 1 aliphatic heterocycles. The maximum Gasteiger partial charge on any atom is 0.356 e. The number of aliphatic hydroxyl groups is 1. The molecule has 6 nitrogen and oxygen atoms in total. The van der Waals surface area contributed by atoms with Crippen LogP contribution in [0.3, 0.4) is 0 Å². The van der Waals surface area contributed by atoms with Gasteiger partial charge in [-0.1, -0.05) is 0 Å². The quantitative estimate of drug-likeness (QED) is 0.805. The van der Waals surface area contributed by atoms with Gasteiger partial charge in [0, 0.05) is 20.1 Å². The number of imidazole rings is 1. The van der Waals surface area contributed by atoms with Crippen LogP contribution in [0, 0.1) is 0 Å². The highest BCUT2D eigenvalue weighted by atomic mass is 16.5. The van der Waals surface area contributed by atoms with Gasteiger partial charge in [-0.15, -0.1) is 0 Å². The van der Waals surface area contributed by atoms with Gasteiger partial charge in [-0.05, 0) is 12.8 Å². The van der Waals surface area contributed by atoms with Crippen molar-refractivity contribution < 1.29 is 19.7 Å². The number of carbonyl (C=O) groups is 1. The molecule has 1 aromatic rings. The summed E-state index contributed by atoms with van der Waals surface area (Å²) in [5.41, 5.74) is 0.415. The van der Waals surface area contributed by atoms with Crippen LogP contribution in [0.15, 0.2) is 0 Å². The maximum atomic E-state index is 11.1. The molecule has 0 bridgehead atoms. The Morgan fingerprint density at radius 1 is 1.65 bits per heavy atom. The normalized spacial score (nSPS) is 19.1. The van der Waals surface area contributed by atoms with Crippen LogP contribution in [0.1, 0.15) is 41.0 Å². The summed E-state index contributed by atoms with van der Waals surface area (Å²) in [6.45, 7) is 1.21. The number of aromatic nitrogens is 2. The van der Waals surface area contributed by atoms with Gasteiger partial charge in [-0.3, -0.25) is 0 Å². The molecule has 0 saturated carbocycles. The highest BCUT2D eigenvalue weighted by Crippen LogP contribution is 2.29. The molecule has 0 radical (unpaired) electrons. The number of fused-ring (bicyclic) bond motifs is 1. The number of methoxy groups -OCH3 is 1. The van der Waals surface area contributed by atoms with Crippen LogP contribution in [0.25, 0.3) is 0 Å². The fraction of sp³-hybridized carbons (Fsp3) is 0.636. The Balaban J connectivity index is 2.41. The molecule has 0 aromatic carbocycles. The molecule has 1 atom stereocenters. The Labute approximate surface area is 98.8 Å². The first-order chi connectivity index (χ1) is 8.15. The lowest BCUT2D eigenvalue weighted by Gasteiger charge is -2.21. The lowest BCUT2D eigenvalue weighted by Crippen LogP contribution is -2.19. The number of aliphatic hydroxyl groups excluding tert-OH is 1. The zero-order chi connectivity index (χ0) is 12.4. The van der Waals surface area contributed by atoms with Crippen molar-refractivity contribution in [2.75, 3.05) is 13.7 Å². The summed E-state index contributed by atoms with van der Waals surface area (Å²) in [6.07, 6.45) is 1.27. The standard InChI is InChI=1S/C11H16N2O4/c1-17-6-4-8-12-9(11(15)16)10-7(14)3-2-5-13(8)10/h7,14H,2-6H2,1H3,(H,15,16). The average Bonchev–Trinajstić information content (AvgIpc) is 2.67. The van der Waals surface area contributed by atoms with E-state index < -0.39 is 12.1 Å². The van der Waals surface area contributed by atoms with Crippen LogP contribution >= 0.6 is 0 Å². The van der Waals surface area contributed by atoms with Gasteiger partial charge in [0.25, 0.3) is 0 Å². The monoisotopic (exact) mass is 240 g/mol. The Morgan fingerprint density at radius 2 is 2.41 bits per heavy atom. The van der Waals surface area contributed by atoms with E-state index in [0.29, 0.717) is 37.5 Å². The minimum atomic E-state index is -1.08. The Bertz CT molecular complexity index is 427. The fourth-order valence-electron chi connectivity index (χ4n) is 2.22. The van der Waals surface area contributed by atoms with E-state index in [1.54, 1.807) is 7.11 Å². The number of carboxylic acid groups (broad SMARTS) is 1. The lowest BCUT2D eigenvalue weighted by molar-refractivity contribution is 0.0677. The van der Waals surface area contributed by atoms with E-state index in [4.69, 9.17) is 9.84 Å². The molecule has 0 spiro atoms. The predicted molar refractivity (Wildman–Crippen MR) is 59.0 cm³/mol. The van der Waals surface area contributed by atoms with Gasteiger partial charge in [0.05, 0.1) is 18.4 Å². The first-order valence-electron chi connectivity index (χ1n) is 5.64. The second kappa shape index (κ2) is 4.85. The van der Waals surface area contributed by atoms with Gasteiger partial charge in [0.15, 0.2) is 5.69 Å². The Kier molecular flexibility index (Phi) is 3.44. The number of aromatic carboxylic acids is 1. The van der Waals surface area contributed by atoms with Crippen molar-refractivity contribution in [1.29, 1.82) is 0 Å². The summed E-state index contributed by atoms with van der Waals surface area (Å²) in [5.74, 6) is -0.406. The van der Waals surface area contributed by atoms with E-state index in [2.05, 4.69) is 4.98 Å². The van der Waals surface area contributed by atoms with Gasteiger partial charge in [-0.2, -0.15) is 0 Å². The minimum Gasteiger partial charge on any atom is -0.476 e. The number of carboxylic acids is 1. The second-order valence-electron chi connectivity index (χ2n) is 4.12. The van der Waals surface area contributed by atoms with Gasteiger partial charge in [-0.25, -0.2) is 9.78 Å². The Morgan fingerprint density at radius 3 is 3.06 bits per heavy atom. The van der Waals surface area contributed by atoms with E-state index in [-0.39, 0.29) is 5.69 Å². The molecule has 0 saturated heterocycles. The van der Waals surface area contributed by atoms with E-state index in [9.17, 15) is 9.90 Å². The molecule has 1 aliphatic rings. The van der Waals surface area contributed by atoms with E-state index in [1.807, 2.05) is 4.57 Å². The third-order valence-corrected chi connectivity index (χ3v) is 2.99. The molecule has 1 aromatic heterocycles. The molecule has 94 valence electrons. The van der Waals surface area contributed by atoms with Crippen molar-refractivity contribution in [3.63, 3.8) is 0 Å². The number of hydrogen-bond donors (Lipinski definition) is 2. The molecule has 2 rings (SSSR count). The largest absolute Gasteiger partial charge is 0.476 e. The van der Waals surface area contributed by atoms with Gasteiger partial charge in [0.1, 0.15) is 5.82 Å². The number of nitrogens with zero attached hydrogens (tertiary/aromatic N) is 2. The lowest BCUT2D eigenvalue weighted by atomic mass is 10.1. The number of rotatable bonds is 4. The van der Waals surface area contributed by atoms with Crippen molar-refractivity contribution in [2.24, 2.45) is 0 Å². The average molecular weight is 240 g/mol. The van der Waals surface area contributed by atoms with Crippen molar-refractivity contribution in [3.05, 3.63) is 17.2 Å². The minimum absolute atomic E-state index is 0.0247. The van der Waals surface area contributed by atoms with Crippen molar-refractivity contribution >= 4 is 5.97 Å². The highest BCUT2D eigenvalue weighted by Gasteiger charge is 2.29. The van der Waals surface area contributed by atoms with Crippen LogP contribution in [0.4, 0.5) is 0 Å². The first kappa shape index (κ1) is 12.1. The molecule has 2 N–H and O–H groups in total. The molecule has 0 fully saturated rings. The molecule has 0 amide bonds. The van der Waals surface area contributed by atoms with Crippen molar-refractivity contribution in [2.45, 2.75) is 31.9 Å². The van der Waals surface area contributed by atoms with Crippen molar-refractivity contribution in [3.8, 4) is 0 Å². The summed E-state index contributed by atoms with van der Waals surface area (Å²) >= 11 is 0. The van der Waals surface area contributed by atoms with Crippen LogP contribution < -0.4 is 0 Å². The summed E-state index contributed by atoms with van der Waals surface area (Å²) in [5, 5.41) is 19.0. The molecule has 2 heterocycles. The van der Waals surface area contributed by atoms with E-state index in [0.717, 1.165) is 6.42 Å². The SMILES string of the molecule is COCCc1nc(C(=O)O)c2n1CCCC2O. The summed E-state index contributed by atoms with van der Waals surface area (Å²) in [6, 6.07) is 0. The molecule has 1 unspecified atom stereocenters. The summed E-state index contributed by atoms with van der Waals surface area (Å²) < 4.78 is 6.79. The van der Waals surface area contributed by atoms with Crippen LogP contribution in [0.5, 0.6) is 0 Å². The Hall–Kier alpha value is -1.40. The molecule has 0 aliphatic carbocycles. The second-order valence-corrected chi connectivity index (χ2v) is 4.12. The molecule has 17 heavy (non-hydrogen) atoms. The van der Waals surface area contributed by atoms with Gasteiger partial charge >= 0.3 is 5.97 Å². The third-order valence-electron chi connectivity index (χ3n) is 2.99. The fourth-order valence-corrected chi connectivity index (χ4v) is 2.22. The van der Waals surface area contributed by atoms with Crippen LogP contribution in [0.2, 0.25) is 0 Å². The number of hydrogen-bond acceptors (Lipinski definition) is 4. The zero-order valence-electron chi connectivity index (χ0n) is 9.72. The first-order valence-corrected chi connectivity index (χ1v) is 5.64. The zero-order valence-corrected chi connectivity index (χ0v) is 9.72. The van der Waals surface area contributed by atoms with E-state index >= 15 is 0 Å². The summed E-state index contributed by atoms with van der Waals surface area (Å²) in [7, 11) is 1.59. The van der Waals surface area contributed by atoms with Crippen LogP contribution in [-0.4, -0.2) is 39.5 Å². The number of ether oxygens (including phenoxy) is 1. The predicted octanol–water partition coefficient (Wildman–Crippen LogP) is 0.597. The maximum absolute atomic E-state index is 11.1. The molecular formula is C11H16N2O4.